The van der Waals surface area contributed by atoms with Crippen LogP contribution in [-0.4, -0.2) is 54.1 Å². The predicted molar refractivity (Wildman–Crippen MR) is 105 cm³/mol. The van der Waals surface area contributed by atoms with E-state index in [2.05, 4.69) is 10.1 Å². The van der Waals surface area contributed by atoms with Crippen LogP contribution in [0, 0.1) is 7.14 Å². The van der Waals surface area contributed by atoms with Gasteiger partial charge in [0.1, 0.15) is 18.0 Å². The van der Waals surface area contributed by atoms with Crippen molar-refractivity contribution in [1.82, 2.24) is 10.2 Å². The molecule has 0 radical (unpaired) electrons. The summed E-state index contributed by atoms with van der Waals surface area (Å²) < 4.78 is 11.0. The van der Waals surface area contributed by atoms with Crippen molar-refractivity contribution in [1.29, 1.82) is 0 Å². The zero-order valence-electron chi connectivity index (χ0n) is 13.2. The van der Waals surface area contributed by atoms with Crippen LogP contribution < -0.4 is 10.1 Å². The van der Waals surface area contributed by atoms with E-state index in [1.54, 1.807) is 12.1 Å². The third-order valence-corrected chi connectivity index (χ3v) is 4.75. The maximum absolute atomic E-state index is 12.3. The highest BCUT2D eigenvalue weighted by Crippen LogP contribution is 2.30. The van der Waals surface area contributed by atoms with Crippen molar-refractivity contribution < 1.29 is 33.8 Å². The summed E-state index contributed by atoms with van der Waals surface area (Å²) in [7, 11) is 1.16. The first-order chi connectivity index (χ1) is 12.2. The number of rotatable bonds is 6. The molecule has 2 rings (SSSR count). The summed E-state index contributed by atoms with van der Waals surface area (Å²) in [6.07, 6.45) is 1.46. The van der Waals surface area contributed by atoms with Gasteiger partial charge in [-0.05, 0) is 69.0 Å². The van der Waals surface area contributed by atoms with E-state index in [0.717, 1.165) is 12.0 Å². The van der Waals surface area contributed by atoms with Gasteiger partial charge in [-0.2, -0.15) is 0 Å². The van der Waals surface area contributed by atoms with Gasteiger partial charge in [-0.15, -0.1) is 0 Å². The van der Waals surface area contributed by atoms with Crippen LogP contribution >= 0.6 is 45.2 Å². The van der Waals surface area contributed by atoms with Crippen LogP contribution in [0.1, 0.15) is 5.56 Å². The van der Waals surface area contributed by atoms with E-state index < -0.39 is 37.0 Å². The fourth-order valence-electron chi connectivity index (χ4n) is 2.01. The number of methoxy groups -OCH3 is 1. The number of nitrogens with one attached hydrogen (secondary N) is 1. The minimum Gasteiger partial charge on any atom is -0.480 e. The van der Waals surface area contributed by atoms with E-state index in [4.69, 9.17) is 9.84 Å². The highest BCUT2D eigenvalue weighted by Gasteiger charge is 2.35. The first kappa shape index (κ1) is 20.4. The van der Waals surface area contributed by atoms with Crippen molar-refractivity contribution in [2.24, 2.45) is 0 Å². The largest absolute Gasteiger partial charge is 0.480 e. The summed E-state index contributed by atoms with van der Waals surface area (Å²) in [4.78, 5) is 46.8. The Labute approximate surface area is 175 Å². The molecule has 0 spiro atoms. The van der Waals surface area contributed by atoms with Gasteiger partial charge in [0.15, 0.2) is 6.61 Å². The smallest absolute Gasteiger partial charge is 0.341 e. The molecule has 2 N–H and O–H groups in total. The lowest BCUT2D eigenvalue weighted by Gasteiger charge is -2.10. The first-order valence-corrected chi connectivity index (χ1v) is 9.13. The summed E-state index contributed by atoms with van der Waals surface area (Å²) >= 11 is 3.97. The number of benzene rings is 1. The monoisotopic (exact) mass is 586 g/mol. The van der Waals surface area contributed by atoms with Gasteiger partial charge in [-0.1, -0.05) is 0 Å². The Morgan fingerprint density at radius 1 is 1.27 bits per heavy atom. The van der Waals surface area contributed by atoms with E-state index in [1.807, 2.05) is 45.2 Å². The van der Waals surface area contributed by atoms with Crippen LogP contribution in [0.25, 0.3) is 6.08 Å². The van der Waals surface area contributed by atoms with Gasteiger partial charge in [-0.25, -0.2) is 14.5 Å². The number of imide groups is 1. The lowest BCUT2D eigenvalue weighted by molar-refractivity contribution is -0.143. The number of ether oxygens (including phenoxy) is 2. The zero-order valence-corrected chi connectivity index (χ0v) is 17.6. The molecule has 1 saturated heterocycles. The molecular formula is C15H12I2N2O7. The SMILES string of the molecule is COC(=O)CN1C(=O)N/C(=C/c2cc(I)c(OCC(=O)O)c(I)c2)C1=O. The zero-order chi connectivity index (χ0) is 19.4. The maximum atomic E-state index is 12.3. The maximum Gasteiger partial charge on any atom is 0.341 e. The highest BCUT2D eigenvalue weighted by molar-refractivity contribution is 14.1. The number of hydrogen-bond acceptors (Lipinski definition) is 6. The molecule has 11 heteroatoms. The lowest BCUT2D eigenvalue weighted by Crippen LogP contribution is -2.36. The van der Waals surface area contributed by atoms with Gasteiger partial charge in [0.2, 0.25) is 0 Å². The predicted octanol–water partition coefficient (Wildman–Crippen LogP) is 1.42. The standard InChI is InChI=1S/C15H12I2N2O7/c1-25-12(22)5-19-14(23)10(18-15(19)24)4-7-2-8(16)13(9(17)3-7)26-6-11(20)21/h2-4H,5-6H2,1H3,(H,18,24)(H,20,21)/b10-4+. The Morgan fingerprint density at radius 2 is 1.88 bits per heavy atom. The third kappa shape index (κ3) is 4.84. The second-order valence-electron chi connectivity index (χ2n) is 4.95. The number of halogens is 2. The van der Waals surface area contributed by atoms with Crippen molar-refractivity contribution in [3.8, 4) is 5.75 Å². The minimum atomic E-state index is -1.09. The summed E-state index contributed by atoms with van der Waals surface area (Å²) in [5.41, 5.74) is 0.620. The molecular weight excluding hydrogens is 574 g/mol. The number of urea groups is 1. The molecule has 1 aliphatic rings. The van der Waals surface area contributed by atoms with Crippen LogP contribution in [0.3, 0.4) is 0 Å². The van der Waals surface area contributed by atoms with E-state index in [0.29, 0.717) is 18.5 Å². The number of carboxylic acid groups (broad SMARTS) is 1. The summed E-state index contributed by atoms with van der Waals surface area (Å²) in [5, 5.41) is 11.1. The molecule has 26 heavy (non-hydrogen) atoms. The van der Waals surface area contributed by atoms with Crippen LogP contribution in [0.2, 0.25) is 0 Å². The Bertz CT molecular complexity index is 799. The summed E-state index contributed by atoms with van der Waals surface area (Å²) in [5.74, 6) is -2.02. The quantitative estimate of drug-likeness (QED) is 0.224. The Hall–Kier alpha value is -1.90. The Kier molecular flexibility index (Phi) is 6.80. The topological polar surface area (TPSA) is 122 Å². The summed E-state index contributed by atoms with van der Waals surface area (Å²) in [6.45, 7) is -0.945. The van der Waals surface area contributed by atoms with E-state index in [-0.39, 0.29) is 5.70 Å². The van der Waals surface area contributed by atoms with Crippen LogP contribution in [0.5, 0.6) is 5.75 Å². The molecule has 9 nitrogen and oxygen atoms in total. The second-order valence-corrected chi connectivity index (χ2v) is 7.28. The highest BCUT2D eigenvalue weighted by atomic mass is 127. The van der Waals surface area contributed by atoms with Crippen LogP contribution in [0.4, 0.5) is 4.79 Å². The number of hydrogen-bond donors (Lipinski definition) is 2. The van der Waals surface area contributed by atoms with Crippen molar-refractivity contribution in [3.05, 3.63) is 30.5 Å². The van der Waals surface area contributed by atoms with E-state index >= 15 is 0 Å². The second kappa shape index (κ2) is 8.66. The van der Waals surface area contributed by atoms with Crippen molar-refractivity contribution in [3.63, 3.8) is 0 Å². The van der Waals surface area contributed by atoms with Gasteiger partial charge in [-0.3, -0.25) is 9.59 Å². The van der Waals surface area contributed by atoms with E-state index in [1.165, 1.54) is 6.08 Å². The fourth-order valence-corrected chi connectivity index (χ4v) is 4.14. The molecule has 1 fully saturated rings. The minimum absolute atomic E-state index is 0.0182. The van der Waals surface area contributed by atoms with Gasteiger partial charge in [0, 0.05) is 0 Å². The number of nitrogens with zero attached hydrogens (tertiary/aromatic N) is 1. The number of carboxylic acids is 1. The molecule has 0 atom stereocenters. The molecule has 0 bridgehead atoms. The molecule has 1 aliphatic heterocycles. The van der Waals surface area contributed by atoms with Gasteiger partial charge in [0.25, 0.3) is 5.91 Å². The van der Waals surface area contributed by atoms with Crippen LogP contribution in [0.15, 0.2) is 17.8 Å². The molecule has 1 heterocycles. The average Bonchev–Trinajstić information content (AvgIpc) is 2.81. The number of aliphatic carboxylic acids is 1. The molecule has 138 valence electrons. The molecule has 0 aliphatic carbocycles. The fraction of sp³-hybridized carbons (Fsp3) is 0.200. The molecule has 0 aromatic heterocycles. The van der Waals surface area contributed by atoms with Gasteiger partial charge < -0.3 is 19.9 Å². The molecule has 3 amide bonds. The third-order valence-electron chi connectivity index (χ3n) is 3.15. The Morgan fingerprint density at radius 3 is 2.42 bits per heavy atom. The Balaban J connectivity index is 2.24. The molecule has 1 aromatic rings. The molecule has 1 aromatic carbocycles. The van der Waals surface area contributed by atoms with Crippen molar-refractivity contribution in [2.75, 3.05) is 20.3 Å². The first-order valence-electron chi connectivity index (χ1n) is 6.98. The lowest BCUT2D eigenvalue weighted by atomic mass is 10.2. The molecule has 0 saturated carbocycles. The van der Waals surface area contributed by atoms with Gasteiger partial charge >= 0.3 is 18.0 Å². The van der Waals surface area contributed by atoms with E-state index in [9.17, 15) is 19.2 Å². The number of carbonyl (C=O) groups excluding carboxylic acids is 3. The summed E-state index contributed by atoms with van der Waals surface area (Å²) in [6, 6.07) is 2.64. The van der Waals surface area contributed by atoms with Crippen LogP contribution in [-0.2, 0) is 19.1 Å². The number of carbonyl (C=O) groups is 4. The normalized spacial score (nSPS) is 15.2. The number of esters is 1. The average molecular weight is 586 g/mol. The van der Waals surface area contributed by atoms with Gasteiger partial charge in [0.05, 0.1) is 14.3 Å². The molecule has 0 unspecified atom stereocenters. The number of amides is 3. The van der Waals surface area contributed by atoms with Crippen molar-refractivity contribution in [2.45, 2.75) is 0 Å². The van der Waals surface area contributed by atoms with Crippen molar-refractivity contribution >= 4 is 75.1 Å².